The molecule has 2 aromatic rings. The average Bonchev–Trinajstić information content (AvgIpc) is 2.61. The van der Waals surface area contributed by atoms with Gasteiger partial charge in [-0.3, -0.25) is 0 Å². The van der Waals surface area contributed by atoms with Crippen LogP contribution < -0.4 is 5.32 Å². The third-order valence-corrected chi connectivity index (χ3v) is 4.63. The highest BCUT2D eigenvalue weighted by molar-refractivity contribution is 14.1. The zero-order chi connectivity index (χ0) is 12.3. The molecule has 1 aromatic heterocycles. The van der Waals surface area contributed by atoms with Crippen LogP contribution in [0, 0.1) is 17.4 Å². The van der Waals surface area contributed by atoms with E-state index >= 15 is 0 Å². The van der Waals surface area contributed by atoms with Crippen LogP contribution in [0.3, 0.4) is 0 Å². The Morgan fingerprint density at radius 3 is 2.41 bits per heavy atom. The van der Waals surface area contributed by atoms with Gasteiger partial charge in [0.25, 0.3) is 0 Å². The molecule has 2 rings (SSSR count). The summed E-state index contributed by atoms with van der Waals surface area (Å²) in [6, 6.07) is 10.9. The van der Waals surface area contributed by atoms with Crippen LogP contribution in [0.1, 0.15) is 20.9 Å². The average molecular weight is 357 g/mol. The van der Waals surface area contributed by atoms with E-state index in [9.17, 15) is 0 Å². The topological polar surface area (TPSA) is 12.0 Å². The minimum absolute atomic E-state index is 0.937. The van der Waals surface area contributed by atoms with Gasteiger partial charge in [0.15, 0.2) is 0 Å². The highest BCUT2D eigenvalue weighted by atomic mass is 127. The van der Waals surface area contributed by atoms with E-state index in [4.69, 9.17) is 0 Å². The first-order valence-corrected chi connectivity index (χ1v) is 7.56. The number of halogens is 1. The van der Waals surface area contributed by atoms with Crippen molar-refractivity contribution < 1.29 is 0 Å². The van der Waals surface area contributed by atoms with Gasteiger partial charge < -0.3 is 5.32 Å². The van der Waals surface area contributed by atoms with E-state index in [0.29, 0.717) is 0 Å². The lowest BCUT2D eigenvalue weighted by Gasteiger charge is -2.03. The van der Waals surface area contributed by atoms with E-state index in [1.807, 2.05) is 11.3 Å². The number of aryl methyl sites for hydroxylation is 2. The maximum atomic E-state index is 3.49. The van der Waals surface area contributed by atoms with Crippen molar-refractivity contribution in [2.75, 3.05) is 0 Å². The van der Waals surface area contributed by atoms with Crippen LogP contribution in [-0.4, -0.2) is 0 Å². The molecule has 0 aliphatic carbocycles. The second-order valence-corrected chi connectivity index (χ2v) is 6.77. The fourth-order valence-corrected chi connectivity index (χ4v) is 3.05. The van der Waals surface area contributed by atoms with Crippen LogP contribution in [0.15, 0.2) is 30.3 Å². The molecule has 0 atom stereocenters. The highest BCUT2D eigenvalue weighted by Gasteiger charge is 2.01. The van der Waals surface area contributed by atoms with Gasteiger partial charge in [-0.1, -0.05) is 12.1 Å². The first-order chi connectivity index (χ1) is 8.15. The minimum Gasteiger partial charge on any atom is -0.308 e. The van der Waals surface area contributed by atoms with Crippen LogP contribution in [0.5, 0.6) is 0 Å². The molecule has 0 unspecified atom stereocenters. The number of nitrogens with one attached hydrogen (secondary N) is 1. The lowest BCUT2D eigenvalue weighted by Crippen LogP contribution is -2.11. The Labute approximate surface area is 120 Å². The van der Waals surface area contributed by atoms with Gasteiger partial charge in [0.05, 0.1) is 0 Å². The Balaban J connectivity index is 1.85. The number of rotatable bonds is 4. The Hall–Kier alpha value is -0.390. The molecule has 3 heteroatoms. The molecule has 0 aliphatic rings. The number of hydrogen-bond acceptors (Lipinski definition) is 2. The largest absolute Gasteiger partial charge is 0.308 e. The van der Waals surface area contributed by atoms with E-state index in [-0.39, 0.29) is 0 Å². The van der Waals surface area contributed by atoms with Crippen molar-refractivity contribution in [2.45, 2.75) is 26.9 Å². The molecule has 90 valence electrons. The van der Waals surface area contributed by atoms with E-state index in [1.54, 1.807) is 0 Å². The zero-order valence-corrected chi connectivity index (χ0v) is 13.1. The van der Waals surface area contributed by atoms with Gasteiger partial charge in [0.2, 0.25) is 0 Å². The number of thiophene rings is 1. The molecule has 0 fully saturated rings. The SMILES string of the molecule is Cc1cc(CNCc2ccc(I)cc2)sc1C. The summed E-state index contributed by atoms with van der Waals surface area (Å²) in [5, 5.41) is 3.49. The molecule has 1 heterocycles. The molecule has 17 heavy (non-hydrogen) atoms. The van der Waals surface area contributed by atoms with Gasteiger partial charge in [-0.2, -0.15) is 0 Å². The summed E-state index contributed by atoms with van der Waals surface area (Å²) >= 11 is 4.22. The minimum atomic E-state index is 0.937. The molecule has 0 saturated carbocycles. The Kier molecular flexibility index (Phi) is 4.59. The number of benzene rings is 1. The molecule has 1 nitrogen and oxygen atoms in total. The van der Waals surface area contributed by atoms with Crippen LogP contribution in [-0.2, 0) is 13.1 Å². The third kappa shape index (κ3) is 3.79. The van der Waals surface area contributed by atoms with Crippen molar-refractivity contribution in [3.05, 3.63) is 54.8 Å². The maximum Gasteiger partial charge on any atom is 0.0303 e. The molecule has 0 aliphatic heterocycles. The van der Waals surface area contributed by atoms with Gasteiger partial charge in [-0.25, -0.2) is 0 Å². The first kappa shape index (κ1) is 13.1. The molecular weight excluding hydrogens is 341 g/mol. The van der Waals surface area contributed by atoms with Gasteiger partial charge in [0, 0.05) is 26.4 Å². The molecule has 0 amide bonds. The summed E-state index contributed by atoms with van der Waals surface area (Å²) in [6.45, 7) is 6.26. The summed E-state index contributed by atoms with van der Waals surface area (Å²) in [7, 11) is 0. The maximum absolute atomic E-state index is 3.49. The van der Waals surface area contributed by atoms with Crippen molar-refractivity contribution in [3.63, 3.8) is 0 Å². The van der Waals surface area contributed by atoms with Crippen molar-refractivity contribution in [1.29, 1.82) is 0 Å². The fraction of sp³-hybridized carbons (Fsp3) is 0.286. The van der Waals surface area contributed by atoms with Crippen LogP contribution in [0.4, 0.5) is 0 Å². The molecule has 0 bridgehead atoms. The molecule has 1 N–H and O–H groups in total. The Morgan fingerprint density at radius 2 is 1.82 bits per heavy atom. The summed E-state index contributed by atoms with van der Waals surface area (Å²) in [5.41, 5.74) is 2.75. The molecule has 0 spiro atoms. The van der Waals surface area contributed by atoms with Gasteiger partial charge in [0.1, 0.15) is 0 Å². The second kappa shape index (κ2) is 5.98. The fourth-order valence-electron chi connectivity index (χ4n) is 1.67. The summed E-state index contributed by atoms with van der Waals surface area (Å²) in [6.07, 6.45) is 0. The van der Waals surface area contributed by atoms with Crippen LogP contribution >= 0.6 is 33.9 Å². The van der Waals surface area contributed by atoms with Gasteiger partial charge >= 0.3 is 0 Å². The molecule has 1 aromatic carbocycles. The highest BCUT2D eigenvalue weighted by Crippen LogP contribution is 2.20. The van der Waals surface area contributed by atoms with Crippen LogP contribution in [0.2, 0.25) is 0 Å². The van der Waals surface area contributed by atoms with E-state index < -0.39 is 0 Å². The lowest BCUT2D eigenvalue weighted by molar-refractivity contribution is 0.700. The van der Waals surface area contributed by atoms with Crippen molar-refractivity contribution in [2.24, 2.45) is 0 Å². The Morgan fingerprint density at radius 1 is 1.12 bits per heavy atom. The molecule has 0 saturated heterocycles. The third-order valence-electron chi connectivity index (χ3n) is 2.76. The quantitative estimate of drug-likeness (QED) is 0.807. The summed E-state index contributed by atoms with van der Waals surface area (Å²) in [5.74, 6) is 0. The van der Waals surface area contributed by atoms with Gasteiger partial charge in [-0.15, -0.1) is 11.3 Å². The van der Waals surface area contributed by atoms with E-state index in [1.165, 1.54) is 24.5 Å². The van der Waals surface area contributed by atoms with Crippen molar-refractivity contribution in [1.82, 2.24) is 5.32 Å². The first-order valence-electron chi connectivity index (χ1n) is 5.66. The lowest BCUT2D eigenvalue weighted by atomic mass is 10.2. The smallest absolute Gasteiger partial charge is 0.0303 e. The van der Waals surface area contributed by atoms with E-state index in [2.05, 4.69) is 72.1 Å². The molecule has 0 radical (unpaired) electrons. The summed E-state index contributed by atoms with van der Waals surface area (Å²) in [4.78, 5) is 2.85. The van der Waals surface area contributed by atoms with Crippen LogP contribution in [0.25, 0.3) is 0 Å². The van der Waals surface area contributed by atoms with Crippen molar-refractivity contribution in [3.8, 4) is 0 Å². The predicted molar refractivity (Wildman–Crippen MR) is 83.5 cm³/mol. The van der Waals surface area contributed by atoms with E-state index in [0.717, 1.165) is 13.1 Å². The normalized spacial score (nSPS) is 10.8. The monoisotopic (exact) mass is 357 g/mol. The number of hydrogen-bond donors (Lipinski definition) is 1. The second-order valence-electron chi connectivity index (χ2n) is 4.18. The molecular formula is C14H16INS. The zero-order valence-electron chi connectivity index (χ0n) is 10.1. The van der Waals surface area contributed by atoms with Crippen molar-refractivity contribution >= 4 is 33.9 Å². The van der Waals surface area contributed by atoms with Gasteiger partial charge in [-0.05, 0) is 65.8 Å². The predicted octanol–water partition coefficient (Wildman–Crippen LogP) is 4.26. The standard InChI is InChI=1S/C14H16INS/c1-10-7-14(17-11(10)2)9-16-8-12-3-5-13(15)6-4-12/h3-7,16H,8-9H2,1-2H3. The Bertz CT molecular complexity index is 468. The summed E-state index contributed by atoms with van der Waals surface area (Å²) < 4.78 is 1.29.